The van der Waals surface area contributed by atoms with Gasteiger partial charge in [-0.3, -0.25) is 0 Å². The van der Waals surface area contributed by atoms with Crippen LogP contribution >= 0.6 is 0 Å². The van der Waals surface area contributed by atoms with Crippen molar-refractivity contribution in [1.29, 1.82) is 5.26 Å². The molecule has 0 aliphatic heterocycles. The van der Waals surface area contributed by atoms with Crippen molar-refractivity contribution in [1.82, 2.24) is 14.6 Å². The van der Waals surface area contributed by atoms with E-state index in [0.717, 1.165) is 16.8 Å². The van der Waals surface area contributed by atoms with Crippen LogP contribution in [0.5, 0.6) is 5.75 Å². The Hall–Kier alpha value is -3.99. The fraction of sp³-hybridized carbons (Fsp3) is 0.0952. The van der Waals surface area contributed by atoms with E-state index in [1.807, 2.05) is 31.3 Å². The van der Waals surface area contributed by atoms with Crippen molar-refractivity contribution in [2.45, 2.75) is 13.5 Å². The van der Waals surface area contributed by atoms with Gasteiger partial charge in [0, 0.05) is 17.4 Å². The second-order valence-electron chi connectivity index (χ2n) is 6.26. The molecule has 0 unspecified atom stereocenters. The molecule has 0 radical (unpaired) electrons. The van der Waals surface area contributed by atoms with E-state index in [2.05, 4.69) is 26.2 Å². The molecule has 0 bridgehead atoms. The number of ether oxygens (including phenoxy) is 1. The van der Waals surface area contributed by atoms with Gasteiger partial charge in [0.25, 0.3) is 0 Å². The van der Waals surface area contributed by atoms with Crippen LogP contribution in [0.15, 0.2) is 60.8 Å². The quantitative estimate of drug-likeness (QED) is 0.523. The highest BCUT2D eigenvalue weighted by Gasteiger charge is 2.14. The molecule has 1 aromatic carbocycles. The number of halogens is 2. The summed E-state index contributed by atoms with van der Waals surface area (Å²) in [7, 11) is 0. The molecule has 1 N–H and O–H groups in total. The number of benzene rings is 1. The highest BCUT2D eigenvalue weighted by Crippen LogP contribution is 2.29. The first-order valence-corrected chi connectivity index (χ1v) is 8.72. The molecule has 3 aromatic heterocycles. The number of pyridine rings is 2. The fourth-order valence-electron chi connectivity index (χ4n) is 3.09. The predicted molar refractivity (Wildman–Crippen MR) is 104 cm³/mol. The smallest absolute Gasteiger partial charge is 0.387 e. The maximum atomic E-state index is 12.3. The summed E-state index contributed by atoms with van der Waals surface area (Å²) < 4.78 is 30.7. The monoisotopic (exact) mass is 391 g/mol. The molecule has 0 fully saturated rings. The van der Waals surface area contributed by atoms with Crippen molar-refractivity contribution in [3.8, 4) is 23.1 Å². The molecule has 0 aliphatic rings. The third kappa shape index (κ3) is 3.84. The minimum Gasteiger partial charge on any atom is -0.435 e. The topological polar surface area (TPSA) is 75.2 Å². The number of nitriles is 1. The van der Waals surface area contributed by atoms with Crippen molar-refractivity contribution < 1.29 is 13.5 Å². The zero-order valence-corrected chi connectivity index (χ0v) is 15.3. The van der Waals surface area contributed by atoms with Gasteiger partial charge in [-0.2, -0.15) is 19.1 Å². The minimum atomic E-state index is -2.88. The summed E-state index contributed by atoms with van der Waals surface area (Å²) in [6, 6.07) is 17.3. The molecule has 6 nitrogen and oxygen atoms in total. The van der Waals surface area contributed by atoms with Gasteiger partial charge in [0.2, 0.25) is 0 Å². The van der Waals surface area contributed by atoms with Crippen molar-refractivity contribution in [2.24, 2.45) is 0 Å². The Morgan fingerprint density at radius 1 is 1.14 bits per heavy atom. The Labute approximate surface area is 165 Å². The van der Waals surface area contributed by atoms with E-state index < -0.39 is 6.61 Å². The van der Waals surface area contributed by atoms with Gasteiger partial charge in [-0.1, -0.05) is 6.07 Å². The summed E-state index contributed by atoms with van der Waals surface area (Å²) in [4.78, 5) is 4.63. The molecule has 144 valence electrons. The van der Waals surface area contributed by atoms with Crippen LogP contribution in [0.4, 0.5) is 20.3 Å². The van der Waals surface area contributed by atoms with E-state index in [1.54, 1.807) is 28.8 Å². The van der Waals surface area contributed by atoms with Crippen LogP contribution in [-0.4, -0.2) is 21.2 Å². The molecule has 4 rings (SSSR count). The van der Waals surface area contributed by atoms with E-state index in [-0.39, 0.29) is 5.75 Å². The molecule has 0 saturated heterocycles. The Morgan fingerprint density at radius 2 is 1.93 bits per heavy atom. The Kier molecular flexibility index (Phi) is 4.79. The number of rotatable bonds is 5. The highest BCUT2D eigenvalue weighted by atomic mass is 19.3. The van der Waals surface area contributed by atoms with Crippen LogP contribution in [0.3, 0.4) is 0 Å². The number of nitrogens with zero attached hydrogens (tertiary/aromatic N) is 4. The Balaban J connectivity index is 1.71. The van der Waals surface area contributed by atoms with Gasteiger partial charge in [0.1, 0.15) is 11.6 Å². The van der Waals surface area contributed by atoms with Gasteiger partial charge in [-0.25, -0.2) is 9.50 Å². The SMILES string of the molecule is Cc1nn2ccccc2c1-c1cc(C#N)cc(Nc2ccc(OC(F)F)cc2)n1. The van der Waals surface area contributed by atoms with Crippen LogP contribution in [0.1, 0.15) is 11.3 Å². The second-order valence-corrected chi connectivity index (χ2v) is 6.26. The number of aromatic nitrogens is 3. The number of hydrogen-bond acceptors (Lipinski definition) is 5. The maximum Gasteiger partial charge on any atom is 0.387 e. The van der Waals surface area contributed by atoms with Crippen molar-refractivity contribution in [3.05, 3.63) is 72.1 Å². The van der Waals surface area contributed by atoms with Gasteiger partial charge in [-0.15, -0.1) is 0 Å². The molecule has 3 heterocycles. The van der Waals surface area contributed by atoms with Gasteiger partial charge < -0.3 is 10.1 Å². The molecule has 0 aliphatic carbocycles. The van der Waals surface area contributed by atoms with Crippen molar-refractivity contribution >= 4 is 17.0 Å². The molecule has 0 atom stereocenters. The first-order chi connectivity index (χ1) is 14.0. The maximum absolute atomic E-state index is 12.3. The number of alkyl halides is 2. The average molecular weight is 391 g/mol. The zero-order chi connectivity index (χ0) is 20.4. The lowest BCUT2D eigenvalue weighted by Gasteiger charge is -2.10. The first-order valence-electron chi connectivity index (χ1n) is 8.72. The van der Waals surface area contributed by atoms with E-state index in [4.69, 9.17) is 0 Å². The molecule has 29 heavy (non-hydrogen) atoms. The molecule has 0 saturated carbocycles. The minimum absolute atomic E-state index is 0.0620. The lowest BCUT2D eigenvalue weighted by atomic mass is 10.1. The number of nitrogens with one attached hydrogen (secondary N) is 1. The molecule has 0 spiro atoms. The number of hydrogen-bond donors (Lipinski definition) is 1. The van der Waals surface area contributed by atoms with Crippen LogP contribution in [0.25, 0.3) is 16.8 Å². The van der Waals surface area contributed by atoms with Gasteiger partial charge in [-0.05, 0) is 55.5 Å². The van der Waals surface area contributed by atoms with Crippen LogP contribution in [-0.2, 0) is 0 Å². The van der Waals surface area contributed by atoms with Crippen LogP contribution < -0.4 is 10.1 Å². The lowest BCUT2D eigenvalue weighted by molar-refractivity contribution is -0.0498. The van der Waals surface area contributed by atoms with Crippen molar-refractivity contribution in [2.75, 3.05) is 5.32 Å². The molecular weight excluding hydrogens is 376 g/mol. The summed E-state index contributed by atoms with van der Waals surface area (Å²) in [6.07, 6.45) is 1.85. The summed E-state index contributed by atoms with van der Waals surface area (Å²) in [5.74, 6) is 0.517. The zero-order valence-electron chi connectivity index (χ0n) is 15.3. The molecule has 0 amide bonds. The fourth-order valence-corrected chi connectivity index (χ4v) is 3.09. The average Bonchev–Trinajstić information content (AvgIpc) is 3.04. The van der Waals surface area contributed by atoms with E-state index in [1.165, 1.54) is 12.1 Å². The first kappa shape index (κ1) is 18.4. The second kappa shape index (κ2) is 7.56. The highest BCUT2D eigenvalue weighted by molar-refractivity contribution is 5.81. The lowest BCUT2D eigenvalue weighted by Crippen LogP contribution is -2.02. The summed E-state index contributed by atoms with van der Waals surface area (Å²) in [5.41, 5.74) is 4.18. The normalized spacial score (nSPS) is 10.9. The summed E-state index contributed by atoms with van der Waals surface area (Å²) >= 11 is 0. The summed E-state index contributed by atoms with van der Waals surface area (Å²) in [5, 5.41) is 17.0. The third-order valence-electron chi connectivity index (χ3n) is 4.28. The van der Waals surface area contributed by atoms with E-state index in [9.17, 15) is 14.0 Å². The van der Waals surface area contributed by atoms with E-state index in [0.29, 0.717) is 22.8 Å². The number of anilines is 2. The van der Waals surface area contributed by atoms with Crippen LogP contribution in [0, 0.1) is 18.3 Å². The van der Waals surface area contributed by atoms with Crippen LogP contribution in [0.2, 0.25) is 0 Å². The Bertz CT molecular complexity index is 1210. The number of aryl methyl sites for hydroxylation is 1. The molecule has 4 aromatic rings. The van der Waals surface area contributed by atoms with Gasteiger partial charge >= 0.3 is 6.61 Å². The summed E-state index contributed by atoms with van der Waals surface area (Å²) in [6.45, 7) is -0.989. The van der Waals surface area contributed by atoms with Gasteiger partial charge in [0.15, 0.2) is 0 Å². The number of fused-ring (bicyclic) bond motifs is 1. The standard InChI is InChI=1S/C21H15F2N5O/c1-13-20(18-4-2-3-9-28(18)27-13)17-10-14(12-24)11-19(26-17)25-15-5-7-16(8-6-15)29-21(22)23/h2-11,21H,1H3,(H,25,26). The predicted octanol–water partition coefficient (Wildman–Crippen LogP) is 4.92. The van der Waals surface area contributed by atoms with Gasteiger partial charge in [0.05, 0.1) is 28.5 Å². The van der Waals surface area contributed by atoms with E-state index >= 15 is 0 Å². The third-order valence-corrected chi connectivity index (χ3v) is 4.28. The Morgan fingerprint density at radius 3 is 2.66 bits per heavy atom. The molecular formula is C21H15F2N5O. The van der Waals surface area contributed by atoms with Crippen molar-refractivity contribution in [3.63, 3.8) is 0 Å². The molecule has 8 heteroatoms. The largest absolute Gasteiger partial charge is 0.435 e.